The first-order valence-corrected chi connectivity index (χ1v) is 7.33. The first kappa shape index (κ1) is 14.8. The number of hydrogen-bond acceptors (Lipinski definition) is 3. The van der Waals surface area contributed by atoms with Crippen LogP contribution in [-0.2, 0) is 11.2 Å². The van der Waals surface area contributed by atoms with E-state index in [1.807, 2.05) is 0 Å². The maximum Gasteiger partial charge on any atom is 0.141 e. The number of benzene rings is 1. The van der Waals surface area contributed by atoms with Crippen LogP contribution in [0.1, 0.15) is 18.4 Å². The van der Waals surface area contributed by atoms with Crippen molar-refractivity contribution in [2.75, 3.05) is 26.9 Å². The van der Waals surface area contributed by atoms with Crippen LogP contribution in [0.15, 0.2) is 16.6 Å². The van der Waals surface area contributed by atoms with Gasteiger partial charge in [0.15, 0.2) is 0 Å². The third kappa shape index (κ3) is 4.75. The van der Waals surface area contributed by atoms with E-state index in [0.717, 1.165) is 18.2 Å². The molecule has 1 fully saturated rings. The summed E-state index contributed by atoms with van der Waals surface area (Å²) in [6.07, 6.45) is 3.30. The van der Waals surface area contributed by atoms with Crippen LogP contribution in [0.4, 0.5) is 4.39 Å². The summed E-state index contributed by atoms with van der Waals surface area (Å²) in [5, 5.41) is 3.39. The van der Waals surface area contributed by atoms with Crippen molar-refractivity contribution < 1.29 is 13.9 Å². The highest BCUT2D eigenvalue weighted by atomic mass is 79.9. The summed E-state index contributed by atoms with van der Waals surface area (Å²) in [6, 6.07) is 3.87. The Morgan fingerprint density at radius 1 is 1.37 bits per heavy atom. The summed E-state index contributed by atoms with van der Waals surface area (Å²) in [6.45, 7) is 2.22. The Morgan fingerprint density at radius 2 is 2.16 bits per heavy atom. The molecule has 1 aliphatic rings. The van der Waals surface area contributed by atoms with Crippen LogP contribution >= 0.6 is 15.9 Å². The smallest absolute Gasteiger partial charge is 0.141 e. The third-order valence-electron chi connectivity index (χ3n) is 3.10. The van der Waals surface area contributed by atoms with Crippen LogP contribution in [0.25, 0.3) is 0 Å². The molecular formula is C14H19BrFNO2. The monoisotopic (exact) mass is 331 g/mol. The summed E-state index contributed by atoms with van der Waals surface area (Å²) in [7, 11) is 1.55. The zero-order valence-electron chi connectivity index (χ0n) is 11.0. The number of rotatable bonds is 8. The van der Waals surface area contributed by atoms with Crippen LogP contribution < -0.4 is 10.1 Å². The van der Waals surface area contributed by atoms with Gasteiger partial charge in [-0.2, -0.15) is 0 Å². The maximum absolute atomic E-state index is 13.4. The fourth-order valence-corrected chi connectivity index (χ4v) is 2.25. The molecule has 3 nitrogen and oxygen atoms in total. The molecule has 0 unspecified atom stereocenters. The lowest BCUT2D eigenvalue weighted by molar-refractivity contribution is 0.138. The van der Waals surface area contributed by atoms with Gasteiger partial charge < -0.3 is 14.8 Å². The molecule has 0 saturated heterocycles. The Balaban J connectivity index is 1.73. The molecule has 5 heteroatoms. The SMILES string of the molecule is COc1cc(F)c(Br)cc1CCOCCNC1CC1. The normalized spacial score (nSPS) is 14.7. The Kier molecular flexibility index (Phi) is 5.60. The lowest BCUT2D eigenvalue weighted by atomic mass is 10.1. The van der Waals surface area contributed by atoms with Crippen LogP contribution in [0.2, 0.25) is 0 Å². The fraction of sp³-hybridized carbons (Fsp3) is 0.571. The van der Waals surface area contributed by atoms with Gasteiger partial charge in [0.05, 0.1) is 24.8 Å². The van der Waals surface area contributed by atoms with Crippen molar-refractivity contribution >= 4 is 15.9 Å². The average molecular weight is 332 g/mol. The second kappa shape index (κ2) is 7.22. The summed E-state index contributed by atoms with van der Waals surface area (Å²) in [5.74, 6) is 0.260. The first-order valence-electron chi connectivity index (χ1n) is 6.53. The molecule has 1 saturated carbocycles. The Hall–Kier alpha value is -0.650. The van der Waals surface area contributed by atoms with Crippen molar-refractivity contribution in [1.29, 1.82) is 0 Å². The minimum absolute atomic E-state index is 0.310. The van der Waals surface area contributed by atoms with E-state index in [0.29, 0.717) is 29.9 Å². The molecule has 0 bridgehead atoms. The van der Waals surface area contributed by atoms with Crippen molar-refractivity contribution in [3.05, 3.63) is 28.0 Å². The van der Waals surface area contributed by atoms with E-state index < -0.39 is 0 Å². The van der Waals surface area contributed by atoms with Crippen molar-refractivity contribution in [2.45, 2.75) is 25.3 Å². The fourth-order valence-electron chi connectivity index (χ4n) is 1.86. The van der Waals surface area contributed by atoms with E-state index in [2.05, 4.69) is 21.2 Å². The van der Waals surface area contributed by atoms with Gasteiger partial charge in [0.1, 0.15) is 11.6 Å². The number of nitrogens with one attached hydrogen (secondary N) is 1. The Labute approximate surface area is 121 Å². The summed E-state index contributed by atoms with van der Waals surface area (Å²) < 4.78 is 24.5. The number of ether oxygens (including phenoxy) is 2. The molecule has 0 radical (unpaired) electrons. The van der Waals surface area contributed by atoms with Crippen LogP contribution in [0.3, 0.4) is 0 Å². The van der Waals surface area contributed by atoms with E-state index in [9.17, 15) is 4.39 Å². The summed E-state index contributed by atoms with van der Waals surface area (Å²) >= 11 is 3.18. The molecule has 0 heterocycles. The van der Waals surface area contributed by atoms with Crippen molar-refractivity contribution in [3.63, 3.8) is 0 Å². The van der Waals surface area contributed by atoms with E-state index in [-0.39, 0.29) is 5.82 Å². The molecule has 0 spiro atoms. The van der Waals surface area contributed by atoms with Crippen LogP contribution in [0, 0.1) is 5.82 Å². The Bertz CT molecular complexity index is 424. The second-order valence-corrected chi connectivity index (χ2v) is 5.52. The molecule has 0 amide bonds. The summed E-state index contributed by atoms with van der Waals surface area (Å²) in [5.41, 5.74) is 0.950. The van der Waals surface area contributed by atoms with E-state index >= 15 is 0 Å². The number of halogens is 2. The van der Waals surface area contributed by atoms with E-state index in [1.54, 1.807) is 13.2 Å². The van der Waals surface area contributed by atoms with Gasteiger partial charge in [-0.05, 0) is 46.8 Å². The molecule has 0 aliphatic heterocycles. The largest absolute Gasteiger partial charge is 0.496 e. The van der Waals surface area contributed by atoms with Gasteiger partial charge in [-0.3, -0.25) is 0 Å². The maximum atomic E-state index is 13.4. The molecule has 2 rings (SSSR count). The molecule has 1 N–H and O–H groups in total. The van der Waals surface area contributed by atoms with Crippen molar-refractivity contribution in [3.8, 4) is 5.75 Å². The Morgan fingerprint density at radius 3 is 2.84 bits per heavy atom. The van der Waals surface area contributed by atoms with E-state index in [1.165, 1.54) is 18.9 Å². The molecule has 1 aliphatic carbocycles. The first-order chi connectivity index (χ1) is 9.20. The molecular weight excluding hydrogens is 313 g/mol. The standard InChI is InChI=1S/C14H19BrFNO2/c1-18-14-9-13(16)12(15)8-10(14)4-6-19-7-5-17-11-2-3-11/h8-9,11,17H,2-7H2,1H3. The molecule has 19 heavy (non-hydrogen) atoms. The predicted molar refractivity (Wildman–Crippen MR) is 76.2 cm³/mol. The van der Waals surface area contributed by atoms with Gasteiger partial charge >= 0.3 is 0 Å². The third-order valence-corrected chi connectivity index (χ3v) is 3.70. The second-order valence-electron chi connectivity index (χ2n) is 4.67. The molecule has 1 aromatic carbocycles. The van der Waals surface area contributed by atoms with Gasteiger partial charge in [-0.1, -0.05) is 0 Å². The van der Waals surface area contributed by atoms with Crippen molar-refractivity contribution in [2.24, 2.45) is 0 Å². The topological polar surface area (TPSA) is 30.5 Å². The van der Waals surface area contributed by atoms with Crippen molar-refractivity contribution in [1.82, 2.24) is 5.32 Å². The minimum atomic E-state index is -0.310. The van der Waals surface area contributed by atoms with Gasteiger partial charge in [-0.25, -0.2) is 4.39 Å². The lowest BCUT2D eigenvalue weighted by Crippen LogP contribution is -2.22. The zero-order valence-corrected chi connectivity index (χ0v) is 12.6. The van der Waals surface area contributed by atoms with Crippen LogP contribution in [0.5, 0.6) is 5.75 Å². The predicted octanol–water partition coefficient (Wildman–Crippen LogP) is 2.91. The van der Waals surface area contributed by atoms with Gasteiger partial charge in [-0.15, -0.1) is 0 Å². The van der Waals surface area contributed by atoms with E-state index in [4.69, 9.17) is 9.47 Å². The highest BCUT2D eigenvalue weighted by Crippen LogP contribution is 2.26. The highest BCUT2D eigenvalue weighted by Gasteiger charge is 2.19. The highest BCUT2D eigenvalue weighted by molar-refractivity contribution is 9.10. The molecule has 1 aromatic rings. The number of methoxy groups -OCH3 is 1. The zero-order chi connectivity index (χ0) is 13.7. The molecule has 0 atom stereocenters. The van der Waals surface area contributed by atoms with Gasteiger partial charge in [0, 0.05) is 18.7 Å². The number of hydrogen-bond donors (Lipinski definition) is 1. The minimum Gasteiger partial charge on any atom is -0.496 e. The summed E-state index contributed by atoms with van der Waals surface area (Å²) in [4.78, 5) is 0. The molecule has 0 aromatic heterocycles. The van der Waals surface area contributed by atoms with Crippen LogP contribution in [-0.4, -0.2) is 32.9 Å². The average Bonchev–Trinajstić information content (AvgIpc) is 3.21. The van der Waals surface area contributed by atoms with Gasteiger partial charge in [0.25, 0.3) is 0 Å². The van der Waals surface area contributed by atoms with Gasteiger partial charge in [0.2, 0.25) is 0 Å². The quantitative estimate of drug-likeness (QED) is 0.743. The lowest BCUT2D eigenvalue weighted by Gasteiger charge is -2.10. The molecule has 106 valence electrons.